The van der Waals surface area contributed by atoms with Crippen molar-refractivity contribution in [3.05, 3.63) is 26.4 Å². The first-order valence-corrected chi connectivity index (χ1v) is 6.80. The molecule has 0 amide bonds. The quantitative estimate of drug-likeness (QED) is 0.673. The van der Waals surface area contributed by atoms with Crippen molar-refractivity contribution in [1.29, 1.82) is 5.26 Å². The molecule has 8 heteroatoms. The minimum Gasteiger partial charge on any atom is -0.469 e. The molecule has 1 aliphatic rings. The fourth-order valence-electron chi connectivity index (χ4n) is 2.86. The fraction of sp³-hybridized carbons (Fsp3) is 0.571. The van der Waals surface area contributed by atoms with Crippen LogP contribution in [-0.2, 0) is 23.6 Å². The Labute approximate surface area is 127 Å². The van der Waals surface area contributed by atoms with Gasteiger partial charge in [0, 0.05) is 27.2 Å². The molecular weight excluding hydrogens is 288 g/mol. The van der Waals surface area contributed by atoms with Crippen molar-refractivity contribution in [2.24, 2.45) is 19.5 Å². The number of hydrogen-bond acceptors (Lipinski definition) is 6. The first-order chi connectivity index (χ1) is 10.3. The van der Waals surface area contributed by atoms with Gasteiger partial charge >= 0.3 is 11.7 Å². The molecule has 1 unspecified atom stereocenters. The number of aromatic nitrogens is 2. The summed E-state index contributed by atoms with van der Waals surface area (Å²) >= 11 is 0. The highest BCUT2D eigenvalue weighted by Gasteiger charge is 2.43. The number of nitrogens with zero attached hydrogens (tertiary/aromatic N) is 4. The number of esters is 1. The monoisotopic (exact) mass is 306 g/mol. The molecule has 0 aromatic carbocycles. The Kier molecular flexibility index (Phi) is 3.83. The largest absolute Gasteiger partial charge is 0.469 e. The van der Waals surface area contributed by atoms with Crippen molar-refractivity contribution < 1.29 is 9.53 Å². The Hall–Kier alpha value is -2.56. The van der Waals surface area contributed by atoms with E-state index in [1.54, 1.807) is 11.8 Å². The van der Waals surface area contributed by atoms with Gasteiger partial charge in [-0.2, -0.15) is 5.26 Å². The van der Waals surface area contributed by atoms with Gasteiger partial charge in [-0.1, -0.05) is 0 Å². The molecule has 2 heterocycles. The standard InChI is InChI=1S/C14H18N4O4/c1-14(12(20)22-4)5-6-18(8-14)10-9(7-15)11(19)17(3)13(21)16(10)2/h5-6,8H2,1-4H3. The van der Waals surface area contributed by atoms with E-state index in [-0.39, 0.29) is 23.9 Å². The lowest BCUT2D eigenvalue weighted by atomic mass is 9.90. The van der Waals surface area contributed by atoms with Crippen LogP contribution in [0.3, 0.4) is 0 Å². The molecule has 0 spiro atoms. The predicted molar refractivity (Wildman–Crippen MR) is 78.6 cm³/mol. The number of nitriles is 1. The molecule has 0 N–H and O–H groups in total. The van der Waals surface area contributed by atoms with E-state index in [4.69, 9.17) is 4.74 Å². The summed E-state index contributed by atoms with van der Waals surface area (Å²) in [7, 11) is 4.16. The Morgan fingerprint density at radius 2 is 1.95 bits per heavy atom. The van der Waals surface area contributed by atoms with Gasteiger partial charge in [-0.15, -0.1) is 0 Å². The summed E-state index contributed by atoms with van der Waals surface area (Å²) in [5.41, 5.74) is -1.96. The highest BCUT2D eigenvalue weighted by Crippen LogP contribution is 2.34. The molecule has 1 aliphatic heterocycles. The van der Waals surface area contributed by atoms with Crippen molar-refractivity contribution in [2.45, 2.75) is 13.3 Å². The van der Waals surface area contributed by atoms with Gasteiger partial charge in [0.1, 0.15) is 11.9 Å². The van der Waals surface area contributed by atoms with Crippen LogP contribution in [-0.4, -0.2) is 35.3 Å². The lowest BCUT2D eigenvalue weighted by Gasteiger charge is -2.25. The normalized spacial score (nSPS) is 20.8. The van der Waals surface area contributed by atoms with Crippen molar-refractivity contribution in [2.75, 3.05) is 25.1 Å². The fourth-order valence-corrected chi connectivity index (χ4v) is 2.86. The summed E-state index contributed by atoms with van der Waals surface area (Å²) in [6, 6.07) is 1.87. The van der Waals surface area contributed by atoms with Gasteiger partial charge in [-0.3, -0.25) is 18.7 Å². The Morgan fingerprint density at radius 1 is 1.32 bits per heavy atom. The number of carbonyl (C=O) groups excluding carboxylic acids is 1. The zero-order chi connectivity index (χ0) is 16.7. The van der Waals surface area contributed by atoms with Crippen LogP contribution in [0.4, 0.5) is 5.82 Å². The zero-order valence-electron chi connectivity index (χ0n) is 13.0. The summed E-state index contributed by atoms with van der Waals surface area (Å²) in [6.45, 7) is 2.51. The maximum atomic E-state index is 12.1. The van der Waals surface area contributed by atoms with Crippen LogP contribution in [0, 0.1) is 16.7 Å². The molecule has 0 saturated carbocycles. The molecule has 1 atom stereocenters. The van der Waals surface area contributed by atoms with Gasteiger partial charge < -0.3 is 9.64 Å². The van der Waals surface area contributed by atoms with E-state index in [1.165, 1.54) is 25.8 Å². The minimum absolute atomic E-state index is 0.0984. The molecule has 8 nitrogen and oxygen atoms in total. The van der Waals surface area contributed by atoms with Crippen molar-refractivity contribution in [3.63, 3.8) is 0 Å². The molecule has 0 bridgehead atoms. The second kappa shape index (κ2) is 5.33. The van der Waals surface area contributed by atoms with E-state index in [9.17, 15) is 19.6 Å². The van der Waals surface area contributed by atoms with Gasteiger partial charge in [0.25, 0.3) is 5.56 Å². The SMILES string of the molecule is COC(=O)C1(C)CCN(c2c(C#N)c(=O)n(C)c(=O)n2C)C1. The number of anilines is 1. The smallest absolute Gasteiger partial charge is 0.332 e. The molecular formula is C14H18N4O4. The van der Waals surface area contributed by atoms with Crippen LogP contribution < -0.4 is 16.1 Å². The van der Waals surface area contributed by atoms with Crippen LogP contribution >= 0.6 is 0 Å². The van der Waals surface area contributed by atoms with Crippen LogP contribution in [0.25, 0.3) is 0 Å². The summed E-state index contributed by atoms with van der Waals surface area (Å²) in [5.74, 6) is -0.0921. The first kappa shape index (κ1) is 15.8. The van der Waals surface area contributed by atoms with E-state index >= 15 is 0 Å². The summed E-state index contributed by atoms with van der Waals surface area (Å²) in [5, 5.41) is 9.29. The van der Waals surface area contributed by atoms with Crippen LogP contribution in [0.1, 0.15) is 18.9 Å². The third-order valence-electron chi connectivity index (χ3n) is 4.20. The van der Waals surface area contributed by atoms with Crippen molar-refractivity contribution in [3.8, 4) is 6.07 Å². The molecule has 22 heavy (non-hydrogen) atoms. The van der Waals surface area contributed by atoms with Crippen molar-refractivity contribution in [1.82, 2.24) is 9.13 Å². The molecule has 1 aromatic heterocycles. The molecule has 1 aromatic rings. The maximum Gasteiger partial charge on any atom is 0.332 e. The topological polar surface area (TPSA) is 97.3 Å². The maximum absolute atomic E-state index is 12.1. The molecule has 1 saturated heterocycles. The van der Waals surface area contributed by atoms with Gasteiger partial charge in [-0.25, -0.2) is 4.79 Å². The van der Waals surface area contributed by atoms with Gasteiger partial charge in [0.05, 0.1) is 12.5 Å². The second-order valence-electron chi connectivity index (χ2n) is 5.74. The zero-order valence-corrected chi connectivity index (χ0v) is 13.0. The molecule has 0 aliphatic carbocycles. The Bertz CT molecular complexity index is 786. The molecule has 0 radical (unpaired) electrons. The average Bonchev–Trinajstić information content (AvgIpc) is 2.90. The van der Waals surface area contributed by atoms with Crippen molar-refractivity contribution >= 4 is 11.8 Å². The van der Waals surface area contributed by atoms with E-state index in [2.05, 4.69) is 0 Å². The van der Waals surface area contributed by atoms with Gasteiger partial charge in [0.2, 0.25) is 0 Å². The average molecular weight is 306 g/mol. The molecule has 2 rings (SSSR count). The third kappa shape index (κ3) is 2.19. The highest BCUT2D eigenvalue weighted by molar-refractivity contribution is 5.78. The number of rotatable bonds is 2. The minimum atomic E-state index is -0.724. The molecule has 118 valence electrons. The first-order valence-electron chi connectivity index (χ1n) is 6.80. The highest BCUT2D eigenvalue weighted by atomic mass is 16.5. The number of ether oxygens (including phenoxy) is 1. The number of hydrogen-bond donors (Lipinski definition) is 0. The second-order valence-corrected chi connectivity index (χ2v) is 5.74. The van der Waals surface area contributed by atoms with E-state index < -0.39 is 16.7 Å². The lowest BCUT2D eigenvalue weighted by molar-refractivity contribution is -0.150. The van der Waals surface area contributed by atoms with Gasteiger partial charge in [0.15, 0.2) is 5.56 Å². The van der Waals surface area contributed by atoms with Crippen LogP contribution in [0.2, 0.25) is 0 Å². The van der Waals surface area contributed by atoms with Gasteiger partial charge in [-0.05, 0) is 13.3 Å². The number of carbonyl (C=O) groups is 1. The van der Waals surface area contributed by atoms with Crippen LogP contribution in [0.5, 0.6) is 0 Å². The summed E-state index contributed by atoms with van der Waals surface area (Å²) in [4.78, 5) is 37.8. The molecule has 1 fully saturated rings. The van der Waals surface area contributed by atoms with E-state index in [1.807, 2.05) is 6.07 Å². The lowest BCUT2D eigenvalue weighted by Crippen LogP contribution is -2.43. The Morgan fingerprint density at radius 3 is 2.50 bits per heavy atom. The third-order valence-corrected chi connectivity index (χ3v) is 4.20. The Balaban J connectivity index is 2.57. The number of methoxy groups -OCH3 is 1. The summed E-state index contributed by atoms with van der Waals surface area (Å²) < 4.78 is 6.98. The van der Waals surface area contributed by atoms with Crippen LogP contribution in [0.15, 0.2) is 9.59 Å². The summed E-state index contributed by atoms with van der Waals surface area (Å²) in [6.07, 6.45) is 0.522. The van der Waals surface area contributed by atoms with E-state index in [0.717, 1.165) is 4.57 Å². The van der Waals surface area contributed by atoms with E-state index in [0.29, 0.717) is 13.0 Å². The predicted octanol–water partition coefficient (Wildman–Crippen LogP) is -0.655.